The van der Waals surface area contributed by atoms with Crippen molar-refractivity contribution in [1.29, 1.82) is 0 Å². The van der Waals surface area contributed by atoms with Crippen LogP contribution in [0, 0.1) is 10.1 Å². The lowest BCUT2D eigenvalue weighted by Crippen LogP contribution is -1.94. The van der Waals surface area contributed by atoms with E-state index in [9.17, 15) is 10.1 Å². The van der Waals surface area contributed by atoms with Gasteiger partial charge in [0.05, 0.1) is 17.7 Å². The van der Waals surface area contributed by atoms with Crippen molar-refractivity contribution in [2.75, 3.05) is 12.4 Å². The molecule has 1 N–H and O–H groups in total. The first kappa shape index (κ1) is 11.9. The molecule has 0 aliphatic heterocycles. The van der Waals surface area contributed by atoms with Crippen LogP contribution < -0.4 is 10.1 Å². The van der Waals surface area contributed by atoms with Crippen LogP contribution in [0.15, 0.2) is 48.5 Å². The van der Waals surface area contributed by atoms with Crippen LogP contribution in [0.2, 0.25) is 0 Å². The highest BCUT2D eigenvalue weighted by Gasteiger charge is 2.05. The smallest absolute Gasteiger partial charge is 0.269 e. The summed E-state index contributed by atoms with van der Waals surface area (Å²) < 4.78 is 5.21. The van der Waals surface area contributed by atoms with Gasteiger partial charge in [-0.2, -0.15) is 0 Å². The topological polar surface area (TPSA) is 64.4 Å². The van der Waals surface area contributed by atoms with E-state index in [0.29, 0.717) is 0 Å². The van der Waals surface area contributed by atoms with Crippen LogP contribution in [0.25, 0.3) is 0 Å². The van der Waals surface area contributed by atoms with E-state index in [1.165, 1.54) is 12.1 Å². The lowest BCUT2D eigenvalue weighted by molar-refractivity contribution is -0.384. The maximum atomic E-state index is 10.5. The lowest BCUT2D eigenvalue weighted by atomic mass is 10.2. The molecular weight excluding hydrogens is 232 g/mol. The zero-order chi connectivity index (χ0) is 13.0. The fourth-order valence-corrected chi connectivity index (χ4v) is 1.57. The van der Waals surface area contributed by atoms with E-state index in [0.717, 1.165) is 17.1 Å². The molecule has 0 saturated carbocycles. The number of hydrogen-bond donors (Lipinski definition) is 1. The summed E-state index contributed by atoms with van der Waals surface area (Å²) in [6, 6.07) is 13.7. The Hall–Kier alpha value is -2.56. The van der Waals surface area contributed by atoms with Gasteiger partial charge in [0.1, 0.15) is 5.75 Å². The highest BCUT2D eigenvalue weighted by molar-refractivity contribution is 5.66. The van der Waals surface area contributed by atoms with E-state index in [2.05, 4.69) is 5.32 Å². The molecule has 2 rings (SSSR count). The van der Waals surface area contributed by atoms with Gasteiger partial charge in [-0.3, -0.25) is 10.1 Å². The third kappa shape index (κ3) is 2.57. The second-order valence-electron chi connectivity index (χ2n) is 3.63. The molecule has 0 amide bonds. The van der Waals surface area contributed by atoms with Crippen LogP contribution >= 0.6 is 0 Å². The van der Waals surface area contributed by atoms with Crippen molar-refractivity contribution >= 4 is 17.1 Å². The molecule has 0 radical (unpaired) electrons. The van der Waals surface area contributed by atoms with Crippen molar-refractivity contribution in [3.63, 3.8) is 0 Å². The average molecular weight is 244 g/mol. The number of anilines is 2. The molecule has 2 aromatic carbocycles. The standard InChI is InChI=1S/C13H12N2O3/c1-18-13-5-3-2-4-12(13)14-10-6-8-11(9-7-10)15(16)17/h2-9,14H,1H3. The molecule has 18 heavy (non-hydrogen) atoms. The van der Waals surface area contributed by atoms with Crippen molar-refractivity contribution in [3.8, 4) is 5.75 Å². The molecule has 0 atom stereocenters. The number of rotatable bonds is 4. The number of nitrogens with one attached hydrogen (secondary N) is 1. The van der Waals surface area contributed by atoms with Crippen molar-refractivity contribution in [2.45, 2.75) is 0 Å². The van der Waals surface area contributed by atoms with Crippen LogP contribution in [-0.4, -0.2) is 12.0 Å². The number of non-ortho nitro benzene ring substituents is 1. The number of hydrogen-bond acceptors (Lipinski definition) is 4. The molecule has 0 saturated heterocycles. The van der Waals surface area contributed by atoms with Crippen LogP contribution in [0.4, 0.5) is 17.1 Å². The molecule has 0 aromatic heterocycles. The Kier molecular flexibility index (Phi) is 3.43. The summed E-state index contributed by atoms with van der Waals surface area (Å²) in [6.07, 6.45) is 0. The molecule has 0 heterocycles. The monoisotopic (exact) mass is 244 g/mol. The van der Waals surface area contributed by atoms with E-state index in [4.69, 9.17) is 4.74 Å². The molecule has 0 aliphatic rings. The van der Waals surface area contributed by atoms with Crippen molar-refractivity contribution in [2.24, 2.45) is 0 Å². The Morgan fingerprint density at radius 2 is 1.78 bits per heavy atom. The summed E-state index contributed by atoms with van der Waals surface area (Å²) in [7, 11) is 1.59. The minimum absolute atomic E-state index is 0.0700. The summed E-state index contributed by atoms with van der Waals surface area (Å²) in [5, 5.41) is 13.7. The van der Waals surface area contributed by atoms with Gasteiger partial charge in [0.25, 0.3) is 5.69 Å². The largest absolute Gasteiger partial charge is 0.495 e. The van der Waals surface area contributed by atoms with Crippen LogP contribution in [0.3, 0.4) is 0 Å². The van der Waals surface area contributed by atoms with Crippen molar-refractivity contribution in [1.82, 2.24) is 0 Å². The van der Waals surface area contributed by atoms with Gasteiger partial charge in [-0.15, -0.1) is 0 Å². The third-order valence-corrected chi connectivity index (χ3v) is 2.46. The van der Waals surface area contributed by atoms with Crippen LogP contribution in [-0.2, 0) is 0 Å². The zero-order valence-corrected chi connectivity index (χ0v) is 9.79. The van der Waals surface area contributed by atoms with Gasteiger partial charge >= 0.3 is 0 Å². The number of methoxy groups -OCH3 is 1. The zero-order valence-electron chi connectivity index (χ0n) is 9.79. The Morgan fingerprint density at radius 1 is 1.11 bits per heavy atom. The quantitative estimate of drug-likeness (QED) is 0.661. The molecule has 0 unspecified atom stereocenters. The Labute approximate surface area is 104 Å². The minimum atomic E-state index is -0.424. The fourth-order valence-electron chi connectivity index (χ4n) is 1.57. The fraction of sp³-hybridized carbons (Fsp3) is 0.0769. The van der Waals surface area contributed by atoms with E-state index in [1.807, 2.05) is 24.3 Å². The molecule has 0 bridgehead atoms. The normalized spacial score (nSPS) is 9.83. The van der Waals surface area contributed by atoms with E-state index >= 15 is 0 Å². The molecule has 5 nitrogen and oxygen atoms in total. The van der Waals surface area contributed by atoms with Gasteiger partial charge < -0.3 is 10.1 Å². The lowest BCUT2D eigenvalue weighted by Gasteiger charge is -2.10. The molecule has 92 valence electrons. The van der Waals surface area contributed by atoms with Gasteiger partial charge in [0.2, 0.25) is 0 Å². The van der Waals surface area contributed by atoms with Gasteiger partial charge in [-0.1, -0.05) is 12.1 Å². The first-order valence-corrected chi connectivity index (χ1v) is 5.35. The minimum Gasteiger partial charge on any atom is -0.495 e. The molecule has 0 fully saturated rings. The molecule has 0 aliphatic carbocycles. The van der Waals surface area contributed by atoms with Gasteiger partial charge in [0, 0.05) is 17.8 Å². The maximum absolute atomic E-state index is 10.5. The molecule has 5 heteroatoms. The first-order valence-electron chi connectivity index (χ1n) is 5.35. The molecule has 0 spiro atoms. The number of benzene rings is 2. The summed E-state index contributed by atoms with van der Waals surface area (Å²) in [4.78, 5) is 10.1. The predicted octanol–water partition coefficient (Wildman–Crippen LogP) is 3.35. The third-order valence-electron chi connectivity index (χ3n) is 2.46. The van der Waals surface area contributed by atoms with Gasteiger partial charge in [0.15, 0.2) is 0 Å². The summed E-state index contributed by atoms with van der Waals surface area (Å²) >= 11 is 0. The molecule has 2 aromatic rings. The van der Waals surface area contributed by atoms with E-state index < -0.39 is 4.92 Å². The number of nitro benzene ring substituents is 1. The average Bonchev–Trinajstić information content (AvgIpc) is 2.40. The van der Waals surface area contributed by atoms with Gasteiger partial charge in [-0.25, -0.2) is 0 Å². The van der Waals surface area contributed by atoms with E-state index in [1.54, 1.807) is 19.2 Å². The van der Waals surface area contributed by atoms with Crippen LogP contribution in [0.1, 0.15) is 0 Å². The summed E-state index contributed by atoms with van der Waals surface area (Å²) in [5.41, 5.74) is 1.65. The number of para-hydroxylation sites is 2. The second-order valence-corrected chi connectivity index (χ2v) is 3.63. The highest BCUT2D eigenvalue weighted by atomic mass is 16.6. The van der Waals surface area contributed by atoms with Crippen molar-refractivity contribution in [3.05, 3.63) is 58.6 Å². The highest BCUT2D eigenvalue weighted by Crippen LogP contribution is 2.27. The summed E-state index contributed by atoms with van der Waals surface area (Å²) in [5.74, 6) is 0.718. The Morgan fingerprint density at radius 3 is 2.39 bits per heavy atom. The van der Waals surface area contributed by atoms with E-state index in [-0.39, 0.29) is 5.69 Å². The van der Waals surface area contributed by atoms with Crippen LogP contribution in [0.5, 0.6) is 5.75 Å². The first-order chi connectivity index (χ1) is 8.70. The Balaban J connectivity index is 2.21. The van der Waals surface area contributed by atoms with Gasteiger partial charge in [-0.05, 0) is 24.3 Å². The maximum Gasteiger partial charge on any atom is 0.269 e. The summed E-state index contributed by atoms with van der Waals surface area (Å²) in [6.45, 7) is 0. The number of ether oxygens (including phenoxy) is 1. The predicted molar refractivity (Wildman–Crippen MR) is 69.4 cm³/mol. The second kappa shape index (κ2) is 5.18. The molecular formula is C13H12N2O3. The number of nitrogens with zero attached hydrogens (tertiary/aromatic N) is 1. The van der Waals surface area contributed by atoms with Crippen molar-refractivity contribution < 1.29 is 9.66 Å². The Bertz CT molecular complexity index is 552. The SMILES string of the molecule is COc1ccccc1Nc1ccc([N+](=O)[O-])cc1. The number of nitro groups is 1.